The normalized spacial score (nSPS) is 14.6. The van der Waals surface area contributed by atoms with Gasteiger partial charge in [0.25, 0.3) is 0 Å². The van der Waals surface area contributed by atoms with Crippen molar-refractivity contribution >= 4 is 0 Å². The predicted molar refractivity (Wildman–Crippen MR) is 83.8 cm³/mol. The van der Waals surface area contributed by atoms with Crippen molar-refractivity contribution in [2.45, 2.75) is 93.5 Å². The average molecular weight is 245 g/mol. The van der Waals surface area contributed by atoms with Crippen LogP contribution < -0.4 is 0 Å². The third-order valence-corrected chi connectivity index (χ3v) is 2.90. The predicted octanol–water partition coefficient (Wildman–Crippen LogP) is 5.74. The van der Waals surface area contributed by atoms with Gasteiger partial charge in [0.15, 0.2) is 0 Å². The highest BCUT2D eigenvalue weighted by Crippen LogP contribution is 2.21. The first-order valence-corrected chi connectivity index (χ1v) is 8.12. The van der Waals surface area contributed by atoms with Gasteiger partial charge in [-0.2, -0.15) is 0 Å². The van der Waals surface area contributed by atoms with Crippen LogP contribution in [0.5, 0.6) is 0 Å². The third-order valence-electron chi connectivity index (χ3n) is 2.90. The van der Waals surface area contributed by atoms with E-state index in [9.17, 15) is 0 Å². The molecule has 0 amide bonds. The average Bonchev–Trinajstić information content (AvgIpc) is 2.48. The van der Waals surface area contributed by atoms with Gasteiger partial charge in [-0.1, -0.05) is 74.7 Å². The van der Waals surface area contributed by atoms with E-state index >= 15 is 0 Å². The molecule has 0 atom stereocenters. The molecule has 1 aliphatic carbocycles. The van der Waals surface area contributed by atoms with Gasteiger partial charge in [0, 0.05) is 6.04 Å². The topological polar surface area (TPSA) is 3.24 Å². The lowest BCUT2D eigenvalue weighted by Gasteiger charge is -2.32. The molecule has 0 aliphatic heterocycles. The van der Waals surface area contributed by atoms with Gasteiger partial charge >= 0.3 is 0 Å². The maximum atomic E-state index is 2.61. The second-order valence-corrected chi connectivity index (χ2v) is 3.51. The largest absolute Gasteiger partial charge is 0.301 e. The summed E-state index contributed by atoms with van der Waals surface area (Å²) in [6.07, 6.45) is 7.28. The SMILES string of the molecule is CC.CC.CC.CCN(CC)C1CCCCC1. The molecule has 0 bridgehead atoms. The summed E-state index contributed by atoms with van der Waals surface area (Å²) in [4.78, 5) is 2.61. The van der Waals surface area contributed by atoms with Crippen molar-refractivity contribution in [1.29, 1.82) is 0 Å². The molecule has 1 heteroatoms. The Hall–Kier alpha value is -0.0400. The van der Waals surface area contributed by atoms with Crippen molar-refractivity contribution < 1.29 is 0 Å². The van der Waals surface area contributed by atoms with Crippen molar-refractivity contribution in [2.24, 2.45) is 0 Å². The first kappa shape index (κ1) is 22.2. The molecule has 0 radical (unpaired) electrons. The van der Waals surface area contributed by atoms with Crippen molar-refractivity contribution in [3.8, 4) is 0 Å². The first-order valence-electron chi connectivity index (χ1n) is 8.12. The molecule has 0 spiro atoms. The monoisotopic (exact) mass is 245 g/mol. The summed E-state index contributed by atoms with van der Waals surface area (Å²) < 4.78 is 0. The van der Waals surface area contributed by atoms with Crippen LogP contribution in [0.2, 0.25) is 0 Å². The van der Waals surface area contributed by atoms with E-state index in [1.54, 1.807) is 0 Å². The van der Waals surface area contributed by atoms with E-state index in [0.717, 1.165) is 6.04 Å². The van der Waals surface area contributed by atoms with Crippen LogP contribution in [0.1, 0.15) is 87.5 Å². The highest BCUT2D eigenvalue weighted by Gasteiger charge is 2.17. The van der Waals surface area contributed by atoms with Crippen molar-refractivity contribution in [2.75, 3.05) is 13.1 Å². The molecule has 1 saturated carbocycles. The molecule has 1 fully saturated rings. The Labute approximate surface area is 112 Å². The van der Waals surface area contributed by atoms with Crippen LogP contribution in [0.4, 0.5) is 0 Å². The maximum absolute atomic E-state index is 2.61. The summed E-state index contributed by atoms with van der Waals surface area (Å²) in [5, 5.41) is 0. The molecule has 0 N–H and O–H groups in total. The Bertz CT molecular complexity index is 91.7. The van der Waals surface area contributed by atoms with Gasteiger partial charge in [-0.15, -0.1) is 0 Å². The molecule has 0 unspecified atom stereocenters. The summed E-state index contributed by atoms with van der Waals surface area (Å²) in [5.41, 5.74) is 0. The van der Waals surface area contributed by atoms with Crippen LogP contribution in [0, 0.1) is 0 Å². The molecule has 0 aromatic rings. The molecular formula is C16H39N. The van der Waals surface area contributed by atoms with Crippen LogP contribution in [-0.4, -0.2) is 24.0 Å². The Balaban J connectivity index is -0.000000285. The zero-order valence-corrected chi connectivity index (χ0v) is 14.0. The molecule has 0 heterocycles. The van der Waals surface area contributed by atoms with Crippen LogP contribution in [0.3, 0.4) is 0 Å². The maximum Gasteiger partial charge on any atom is 0.00950 e. The molecular weight excluding hydrogens is 206 g/mol. The highest BCUT2D eigenvalue weighted by atomic mass is 15.1. The number of nitrogens with zero attached hydrogens (tertiary/aromatic N) is 1. The second kappa shape index (κ2) is 21.3. The van der Waals surface area contributed by atoms with E-state index in [0.29, 0.717) is 0 Å². The summed E-state index contributed by atoms with van der Waals surface area (Å²) in [7, 11) is 0. The van der Waals surface area contributed by atoms with E-state index in [4.69, 9.17) is 0 Å². The van der Waals surface area contributed by atoms with Gasteiger partial charge in [0.05, 0.1) is 0 Å². The standard InChI is InChI=1S/C10H21N.3C2H6/c1-3-11(4-2)10-8-6-5-7-9-10;3*1-2/h10H,3-9H2,1-2H3;3*1-2H3. The van der Waals surface area contributed by atoms with E-state index < -0.39 is 0 Å². The molecule has 1 aliphatic rings. The molecule has 108 valence electrons. The molecule has 0 saturated heterocycles. The fraction of sp³-hybridized carbons (Fsp3) is 1.00. The Morgan fingerprint density at radius 1 is 0.706 bits per heavy atom. The van der Waals surface area contributed by atoms with Crippen LogP contribution in [-0.2, 0) is 0 Å². The van der Waals surface area contributed by atoms with Gasteiger partial charge in [0.2, 0.25) is 0 Å². The van der Waals surface area contributed by atoms with Gasteiger partial charge in [0.1, 0.15) is 0 Å². The third kappa shape index (κ3) is 12.2. The lowest BCUT2D eigenvalue weighted by molar-refractivity contribution is 0.172. The number of rotatable bonds is 3. The lowest BCUT2D eigenvalue weighted by Crippen LogP contribution is -2.36. The lowest BCUT2D eigenvalue weighted by atomic mass is 9.94. The van der Waals surface area contributed by atoms with E-state index in [1.165, 1.54) is 45.2 Å². The fourth-order valence-electron chi connectivity index (χ4n) is 2.19. The summed E-state index contributed by atoms with van der Waals surface area (Å²) in [5.74, 6) is 0. The number of hydrogen-bond acceptors (Lipinski definition) is 1. The first-order chi connectivity index (χ1) is 8.38. The van der Waals surface area contributed by atoms with Crippen molar-refractivity contribution in [1.82, 2.24) is 4.90 Å². The zero-order valence-electron chi connectivity index (χ0n) is 14.0. The van der Waals surface area contributed by atoms with E-state index in [2.05, 4.69) is 18.7 Å². The van der Waals surface area contributed by atoms with Crippen LogP contribution >= 0.6 is 0 Å². The highest BCUT2D eigenvalue weighted by molar-refractivity contribution is 4.73. The minimum atomic E-state index is 0.916. The number of hydrogen-bond donors (Lipinski definition) is 0. The van der Waals surface area contributed by atoms with Crippen LogP contribution in [0.25, 0.3) is 0 Å². The molecule has 1 rings (SSSR count). The fourth-order valence-corrected chi connectivity index (χ4v) is 2.19. The van der Waals surface area contributed by atoms with Gasteiger partial charge in [-0.3, -0.25) is 0 Å². The van der Waals surface area contributed by atoms with Gasteiger partial charge in [-0.25, -0.2) is 0 Å². The Morgan fingerprint density at radius 2 is 1.06 bits per heavy atom. The zero-order chi connectivity index (χ0) is 14.1. The van der Waals surface area contributed by atoms with E-state index in [1.807, 2.05) is 41.5 Å². The minimum absolute atomic E-state index is 0.916. The Kier molecular flexibility index (Phi) is 27.7. The summed E-state index contributed by atoms with van der Waals surface area (Å²) in [6, 6.07) is 0.916. The van der Waals surface area contributed by atoms with E-state index in [-0.39, 0.29) is 0 Å². The second-order valence-electron chi connectivity index (χ2n) is 3.51. The van der Waals surface area contributed by atoms with Crippen molar-refractivity contribution in [3.05, 3.63) is 0 Å². The van der Waals surface area contributed by atoms with Gasteiger partial charge in [-0.05, 0) is 25.9 Å². The summed E-state index contributed by atoms with van der Waals surface area (Å²) >= 11 is 0. The van der Waals surface area contributed by atoms with Crippen LogP contribution in [0.15, 0.2) is 0 Å². The molecule has 17 heavy (non-hydrogen) atoms. The molecule has 1 nitrogen and oxygen atoms in total. The minimum Gasteiger partial charge on any atom is -0.301 e. The smallest absolute Gasteiger partial charge is 0.00950 e. The Morgan fingerprint density at radius 3 is 1.35 bits per heavy atom. The van der Waals surface area contributed by atoms with Gasteiger partial charge < -0.3 is 4.90 Å². The molecule has 0 aromatic heterocycles. The van der Waals surface area contributed by atoms with Crippen molar-refractivity contribution in [3.63, 3.8) is 0 Å². The summed E-state index contributed by atoms with van der Waals surface area (Å²) in [6.45, 7) is 19.0. The quantitative estimate of drug-likeness (QED) is 0.613. The molecule has 0 aromatic carbocycles.